The van der Waals surface area contributed by atoms with Crippen molar-refractivity contribution >= 4 is 66.6 Å². The Hall–Kier alpha value is -5.31. The Bertz CT molecular complexity index is 2960. The predicted octanol–water partition coefficient (Wildman–Crippen LogP) is 6.49. The minimum absolute atomic E-state index is 0.0184. The highest BCUT2D eigenvalue weighted by Crippen LogP contribution is 2.63. The number of aryl methyl sites for hydroxylation is 3. The van der Waals surface area contributed by atoms with Gasteiger partial charge in [-0.2, -0.15) is 36.3 Å². The van der Waals surface area contributed by atoms with Crippen LogP contribution in [0.15, 0.2) is 30.5 Å². The molecule has 4 aliphatic carbocycles. The van der Waals surface area contributed by atoms with E-state index in [0.717, 1.165) is 11.6 Å². The second kappa shape index (κ2) is 16.1. The number of halogens is 6. The molecule has 0 spiro atoms. The standard InChI is InChI=1S/C43H45F6N11O6S2/c1-6-65-39(11-9-21-31(62)42(21,39)64)60-34-28(17(3)52-37(59-34)51-15-40(44,45)46)35-56-23-13-20(7-8-25(23)67-35)66-41-22(30(41)61)14-24(32(41)63)55-33-27(36-57-29-18(4)50-12-10-26(29)68-36)16(2)53-38(58-33)54-19(5)43(47,48)49/h7-8,10,12-13,19,21-22,24,30-32,61-64H,6,9,11,14-15H2,1-5H3,(H2,51,52,59,60)(H2,53,54,55,58). The van der Waals surface area contributed by atoms with Crippen LogP contribution in [0.2, 0.25) is 0 Å². The number of hydrogen-bond acceptors (Lipinski definition) is 19. The van der Waals surface area contributed by atoms with Gasteiger partial charge >= 0.3 is 12.4 Å². The van der Waals surface area contributed by atoms with Crippen molar-refractivity contribution < 1.29 is 56.2 Å². The normalized spacial score (nSPS) is 28.9. The van der Waals surface area contributed by atoms with Gasteiger partial charge in [0.05, 0.1) is 55.3 Å². The fraction of sp³-hybridized carbons (Fsp3) is 0.512. The largest absolute Gasteiger partial charge is 0.481 e. The van der Waals surface area contributed by atoms with Crippen LogP contribution in [0.4, 0.5) is 49.9 Å². The van der Waals surface area contributed by atoms with Gasteiger partial charge in [-0.3, -0.25) is 4.98 Å². The predicted molar refractivity (Wildman–Crippen MR) is 240 cm³/mol. The summed E-state index contributed by atoms with van der Waals surface area (Å²) in [5.74, 6) is -1.29. The van der Waals surface area contributed by atoms with Gasteiger partial charge in [-0.1, -0.05) is 0 Å². The number of fused-ring (bicyclic) bond motifs is 4. The van der Waals surface area contributed by atoms with Gasteiger partial charge in [0, 0.05) is 30.7 Å². The monoisotopic (exact) mass is 989 g/mol. The van der Waals surface area contributed by atoms with Gasteiger partial charge in [0.15, 0.2) is 11.3 Å². The zero-order valence-electron chi connectivity index (χ0n) is 36.8. The Morgan fingerprint density at radius 3 is 2.19 bits per heavy atom. The summed E-state index contributed by atoms with van der Waals surface area (Å²) in [6, 6.07) is 4.00. The average Bonchev–Trinajstić information content (AvgIpc) is 3.62. The molecule has 25 heteroatoms. The first-order chi connectivity index (χ1) is 32.1. The van der Waals surface area contributed by atoms with Crippen molar-refractivity contribution in [3.8, 4) is 26.9 Å². The summed E-state index contributed by atoms with van der Waals surface area (Å²) in [6.45, 7) is 6.40. The van der Waals surface area contributed by atoms with Gasteiger partial charge in [-0.25, -0.2) is 19.9 Å². The van der Waals surface area contributed by atoms with Crippen LogP contribution in [0.25, 0.3) is 41.6 Å². The number of benzene rings is 1. The molecular weight excluding hydrogens is 945 g/mol. The SMILES string of the molecule is CCOC1(Nc2nc(NCC(F)(F)F)nc(C)c2-c2nc3cc(OC45C(O)C(Nc6nc(NC(C)C(F)(F)F)nc(C)c6-c6nc7c(C)nccc7s6)CC4C5O)ccc3s2)CCC2C(O)C21O. The third-order valence-electron chi connectivity index (χ3n) is 13.5. The second-order valence-electron chi connectivity index (χ2n) is 17.7. The Balaban J connectivity index is 0.947. The van der Waals surface area contributed by atoms with Crippen molar-refractivity contribution in [1.29, 1.82) is 0 Å². The lowest BCUT2D eigenvalue weighted by molar-refractivity contribution is -0.138. The molecule has 17 nitrogen and oxygen atoms in total. The third kappa shape index (κ3) is 7.60. The number of pyridine rings is 1. The van der Waals surface area contributed by atoms with E-state index in [9.17, 15) is 46.8 Å². The van der Waals surface area contributed by atoms with Crippen molar-refractivity contribution in [1.82, 2.24) is 34.9 Å². The van der Waals surface area contributed by atoms with E-state index in [1.807, 2.05) is 6.92 Å². The maximum Gasteiger partial charge on any atom is 0.408 e. The first-order valence-corrected chi connectivity index (χ1v) is 23.4. The fourth-order valence-electron chi connectivity index (χ4n) is 9.92. The molecule has 10 atom stereocenters. The van der Waals surface area contributed by atoms with Gasteiger partial charge in [0.1, 0.15) is 63.3 Å². The van der Waals surface area contributed by atoms with Crippen LogP contribution in [0.3, 0.4) is 0 Å². The van der Waals surface area contributed by atoms with Crippen LogP contribution in [0.1, 0.15) is 50.2 Å². The number of aliphatic hydroxyl groups is 4. The van der Waals surface area contributed by atoms with E-state index in [4.69, 9.17) is 19.4 Å². The third-order valence-corrected chi connectivity index (χ3v) is 15.6. The molecule has 1 aromatic carbocycles. The maximum atomic E-state index is 13.6. The van der Waals surface area contributed by atoms with E-state index >= 15 is 0 Å². The average molecular weight is 990 g/mol. The molecule has 4 fully saturated rings. The van der Waals surface area contributed by atoms with Gasteiger partial charge < -0.3 is 51.2 Å². The summed E-state index contributed by atoms with van der Waals surface area (Å²) < 4.78 is 94.8. The molecule has 4 saturated carbocycles. The van der Waals surface area contributed by atoms with Crippen LogP contribution in [0, 0.1) is 32.6 Å². The highest BCUT2D eigenvalue weighted by molar-refractivity contribution is 7.22. The van der Waals surface area contributed by atoms with E-state index in [1.165, 1.54) is 22.7 Å². The summed E-state index contributed by atoms with van der Waals surface area (Å²) in [7, 11) is 0. The van der Waals surface area contributed by atoms with Gasteiger partial charge in [0.2, 0.25) is 11.9 Å². The molecule has 5 aromatic heterocycles. The van der Waals surface area contributed by atoms with Crippen molar-refractivity contribution in [2.75, 3.05) is 34.4 Å². The number of rotatable bonds is 14. The van der Waals surface area contributed by atoms with Crippen LogP contribution in [-0.4, -0.2) is 128 Å². The summed E-state index contributed by atoms with van der Waals surface area (Å²) >= 11 is 2.54. The number of ether oxygens (including phenoxy) is 2. The number of hydrogen-bond donors (Lipinski definition) is 8. The molecule has 0 bridgehead atoms. The minimum atomic E-state index is -4.59. The summed E-state index contributed by atoms with van der Waals surface area (Å²) in [5, 5.41) is 57.3. The molecule has 6 aromatic rings. The van der Waals surface area contributed by atoms with E-state index < -0.39 is 78.1 Å². The summed E-state index contributed by atoms with van der Waals surface area (Å²) in [6.07, 6.45) is -10.2. The van der Waals surface area contributed by atoms with Crippen LogP contribution in [-0.2, 0) is 4.74 Å². The van der Waals surface area contributed by atoms with Crippen molar-refractivity contribution in [3.05, 3.63) is 47.5 Å². The summed E-state index contributed by atoms with van der Waals surface area (Å²) in [4.78, 5) is 31.5. The molecule has 0 aliphatic heterocycles. The van der Waals surface area contributed by atoms with Gasteiger partial charge in [0.25, 0.3) is 0 Å². The highest BCUT2D eigenvalue weighted by atomic mass is 32.1. The van der Waals surface area contributed by atoms with E-state index in [1.54, 1.807) is 51.2 Å². The molecule has 10 rings (SSSR count). The molecule has 0 amide bonds. The number of aliphatic hydroxyl groups excluding tert-OH is 3. The van der Waals surface area contributed by atoms with Crippen molar-refractivity contribution in [2.24, 2.45) is 11.8 Å². The molecule has 0 radical (unpaired) electrons. The second-order valence-corrected chi connectivity index (χ2v) is 19.8. The zero-order chi connectivity index (χ0) is 48.5. The number of nitrogens with one attached hydrogen (secondary N) is 4. The molecule has 10 unspecified atom stereocenters. The first kappa shape index (κ1) is 46.4. The molecule has 8 N–H and O–H groups in total. The van der Waals surface area contributed by atoms with Crippen LogP contribution < -0.4 is 26.0 Å². The number of nitrogens with zero attached hydrogens (tertiary/aromatic N) is 7. The molecular formula is C43H45F6N11O6S2. The Labute approximate surface area is 390 Å². The number of aromatic nitrogens is 7. The fourth-order valence-corrected chi connectivity index (χ4v) is 12.1. The molecule has 362 valence electrons. The topological polar surface area (TPSA) is 238 Å². The smallest absolute Gasteiger partial charge is 0.408 e. The maximum absolute atomic E-state index is 13.6. The number of anilines is 4. The van der Waals surface area contributed by atoms with Crippen LogP contribution >= 0.6 is 22.7 Å². The lowest BCUT2D eigenvalue weighted by Gasteiger charge is -2.37. The lowest BCUT2D eigenvalue weighted by atomic mass is 10.0. The summed E-state index contributed by atoms with van der Waals surface area (Å²) in [5.41, 5.74) is -1.66. The number of thiazole rings is 2. The number of alkyl halides is 6. The Kier molecular flexibility index (Phi) is 11.0. The van der Waals surface area contributed by atoms with Crippen LogP contribution in [0.5, 0.6) is 5.75 Å². The molecule has 5 heterocycles. The van der Waals surface area contributed by atoms with Crippen molar-refractivity contribution in [3.63, 3.8) is 0 Å². The zero-order valence-corrected chi connectivity index (χ0v) is 38.4. The Morgan fingerprint density at radius 1 is 0.824 bits per heavy atom. The quantitative estimate of drug-likeness (QED) is 0.0430. The molecule has 4 aliphatic rings. The van der Waals surface area contributed by atoms with E-state index in [-0.39, 0.29) is 54.4 Å². The van der Waals surface area contributed by atoms with E-state index in [2.05, 4.69) is 46.2 Å². The van der Waals surface area contributed by atoms with Gasteiger partial charge in [-0.15, -0.1) is 22.7 Å². The van der Waals surface area contributed by atoms with E-state index in [0.29, 0.717) is 54.7 Å². The first-order valence-electron chi connectivity index (χ1n) is 21.8. The molecule has 68 heavy (non-hydrogen) atoms. The lowest BCUT2D eigenvalue weighted by Crippen LogP contribution is -2.54. The van der Waals surface area contributed by atoms with Crippen molar-refractivity contribution in [2.45, 2.75) is 114 Å². The van der Waals surface area contributed by atoms with Gasteiger partial charge in [-0.05, 0) is 72.1 Å². The molecule has 0 saturated heterocycles. The highest BCUT2D eigenvalue weighted by Gasteiger charge is 2.79. The minimum Gasteiger partial charge on any atom is -0.481 e. The Morgan fingerprint density at radius 2 is 1.51 bits per heavy atom.